The van der Waals surface area contributed by atoms with Crippen molar-refractivity contribution in [3.05, 3.63) is 18.2 Å². The van der Waals surface area contributed by atoms with Gasteiger partial charge in [-0.2, -0.15) is 0 Å². The zero-order chi connectivity index (χ0) is 19.7. The Hall–Kier alpha value is -2.40. The van der Waals surface area contributed by atoms with E-state index in [-0.39, 0.29) is 31.0 Å². The molecule has 2 amide bonds. The highest BCUT2D eigenvalue weighted by Gasteiger charge is 2.26. The number of carbonyl (C=O) groups is 4. The fourth-order valence-corrected chi connectivity index (χ4v) is 2.97. The number of nitrogens with two attached hydrogens (primary N) is 1. The molecule has 10 nitrogen and oxygen atoms in total. The molecule has 1 aromatic rings. The molecule has 2 atom stereocenters. The summed E-state index contributed by atoms with van der Waals surface area (Å²) in [4.78, 5) is 50.5. The van der Waals surface area contributed by atoms with Crippen LogP contribution in [0.25, 0.3) is 0 Å². The first-order valence-electron chi connectivity index (χ1n) is 7.85. The second-order valence-electron chi connectivity index (χ2n) is 5.58. The maximum Gasteiger partial charge on any atom is 0.327 e. The maximum absolute atomic E-state index is 12.5. The second kappa shape index (κ2) is 10.6. The molecule has 0 spiro atoms. The molecule has 144 valence electrons. The molecule has 0 saturated carbocycles. The number of hydrogen-bond acceptors (Lipinski definition) is 7. The second-order valence-corrected chi connectivity index (χ2v) is 6.60. The molecule has 11 heteroatoms. The summed E-state index contributed by atoms with van der Waals surface area (Å²) < 4.78 is 1.72. The Morgan fingerprint density at radius 3 is 2.50 bits per heavy atom. The Morgan fingerprint density at radius 2 is 2.00 bits per heavy atom. The number of aryl methyl sites for hydroxylation is 1. The summed E-state index contributed by atoms with van der Waals surface area (Å²) >= 11 is 0.741. The van der Waals surface area contributed by atoms with Crippen molar-refractivity contribution in [3.8, 4) is 0 Å². The lowest BCUT2D eigenvalue weighted by molar-refractivity contribution is -0.140. The van der Waals surface area contributed by atoms with Gasteiger partial charge in [-0.15, -0.1) is 0 Å². The molecule has 0 aliphatic heterocycles. The van der Waals surface area contributed by atoms with Gasteiger partial charge in [0.15, 0.2) is 0 Å². The van der Waals surface area contributed by atoms with Crippen LogP contribution in [0.1, 0.15) is 19.0 Å². The SMILES string of the molecule is CC(=O)NC(CSC(=O)[C@H](Cc1cncn1C)NC(=O)CCN)C(=O)O. The van der Waals surface area contributed by atoms with Gasteiger partial charge in [-0.05, 0) is 0 Å². The normalized spacial score (nSPS) is 12.9. The van der Waals surface area contributed by atoms with E-state index in [1.807, 2.05) is 0 Å². The molecule has 0 saturated heterocycles. The van der Waals surface area contributed by atoms with Gasteiger partial charge < -0.3 is 26.0 Å². The number of imidazole rings is 1. The van der Waals surface area contributed by atoms with Gasteiger partial charge in [0.1, 0.15) is 12.1 Å². The number of aliphatic carboxylic acids is 1. The van der Waals surface area contributed by atoms with Crippen LogP contribution in [0.3, 0.4) is 0 Å². The number of thioether (sulfide) groups is 1. The fraction of sp³-hybridized carbons (Fsp3) is 0.533. The number of carbonyl (C=O) groups excluding carboxylic acids is 3. The molecular weight excluding hydrogens is 362 g/mol. The first-order chi connectivity index (χ1) is 12.2. The molecule has 5 N–H and O–H groups in total. The van der Waals surface area contributed by atoms with Crippen LogP contribution in [0.15, 0.2) is 12.5 Å². The van der Waals surface area contributed by atoms with E-state index in [0.29, 0.717) is 0 Å². The lowest BCUT2D eigenvalue weighted by Gasteiger charge is -2.19. The molecule has 1 heterocycles. The van der Waals surface area contributed by atoms with Gasteiger partial charge >= 0.3 is 5.97 Å². The number of aromatic nitrogens is 2. The van der Waals surface area contributed by atoms with Crippen molar-refractivity contribution in [1.29, 1.82) is 0 Å². The summed E-state index contributed by atoms with van der Waals surface area (Å²) in [6.45, 7) is 1.34. The molecule has 0 aromatic carbocycles. The van der Waals surface area contributed by atoms with Crippen molar-refractivity contribution in [2.45, 2.75) is 31.8 Å². The summed E-state index contributed by atoms with van der Waals surface area (Å²) in [5, 5.41) is 13.6. The summed E-state index contributed by atoms with van der Waals surface area (Å²) in [6, 6.07) is -2.06. The Bertz CT molecular complexity index is 663. The standard InChI is InChI=1S/C15H23N5O5S/c1-9(21)18-12(14(23)24)7-26-15(25)11(19-13(22)3-4-16)5-10-6-17-8-20(10)2/h6,8,11-12H,3-5,7,16H2,1-2H3,(H,18,21)(H,19,22)(H,23,24)/t11-,12?/m0/s1. The summed E-state index contributed by atoms with van der Waals surface area (Å²) in [7, 11) is 1.76. The predicted octanol–water partition coefficient (Wildman–Crippen LogP) is -1.35. The number of nitrogens with one attached hydrogen (secondary N) is 2. The van der Waals surface area contributed by atoms with E-state index in [1.165, 1.54) is 6.92 Å². The average Bonchev–Trinajstić information content (AvgIpc) is 2.95. The lowest BCUT2D eigenvalue weighted by Crippen LogP contribution is -2.44. The number of rotatable bonds is 10. The van der Waals surface area contributed by atoms with Crippen LogP contribution >= 0.6 is 11.8 Å². The van der Waals surface area contributed by atoms with Crippen molar-refractivity contribution in [3.63, 3.8) is 0 Å². The van der Waals surface area contributed by atoms with Crippen LogP contribution < -0.4 is 16.4 Å². The van der Waals surface area contributed by atoms with Gasteiger partial charge in [-0.25, -0.2) is 9.78 Å². The quantitative estimate of drug-likeness (QED) is 0.385. The third-order valence-electron chi connectivity index (χ3n) is 3.39. The smallest absolute Gasteiger partial charge is 0.327 e. The molecular formula is C15H23N5O5S. The molecule has 0 aliphatic carbocycles. The minimum atomic E-state index is -1.24. The van der Waals surface area contributed by atoms with Crippen molar-refractivity contribution >= 4 is 34.7 Å². The van der Waals surface area contributed by atoms with E-state index in [4.69, 9.17) is 10.8 Å². The predicted molar refractivity (Wildman–Crippen MR) is 95.2 cm³/mol. The highest BCUT2D eigenvalue weighted by Crippen LogP contribution is 2.13. The molecule has 1 aromatic heterocycles. The van der Waals surface area contributed by atoms with E-state index < -0.39 is 29.1 Å². The number of nitrogens with zero attached hydrogens (tertiary/aromatic N) is 2. The van der Waals surface area contributed by atoms with Gasteiger partial charge in [-0.1, -0.05) is 11.8 Å². The Balaban J connectivity index is 2.78. The molecule has 26 heavy (non-hydrogen) atoms. The first kappa shape index (κ1) is 21.6. The van der Waals surface area contributed by atoms with Crippen molar-refractivity contribution in [1.82, 2.24) is 20.2 Å². The topological polar surface area (TPSA) is 156 Å². The van der Waals surface area contributed by atoms with E-state index >= 15 is 0 Å². The van der Waals surface area contributed by atoms with Gasteiger partial charge in [0.2, 0.25) is 16.9 Å². The zero-order valence-corrected chi connectivity index (χ0v) is 15.4. The largest absolute Gasteiger partial charge is 0.480 e. The highest BCUT2D eigenvalue weighted by atomic mass is 32.2. The molecule has 0 radical (unpaired) electrons. The van der Waals surface area contributed by atoms with Crippen LogP contribution in [0, 0.1) is 0 Å². The van der Waals surface area contributed by atoms with E-state index in [9.17, 15) is 19.2 Å². The Labute approximate surface area is 154 Å². The van der Waals surface area contributed by atoms with Crippen LogP contribution in [0.2, 0.25) is 0 Å². The van der Waals surface area contributed by atoms with Crippen molar-refractivity contribution in [2.75, 3.05) is 12.3 Å². The van der Waals surface area contributed by atoms with Crippen molar-refractivity contribution in [2.24, 2.45) is 12.8 Å². The highest BCUT2D eigenvalue weighted by molar-refractivity contribution is 8.13. The zero-order valence-electron chi connectivity index (χ0n) is 14.6. The molecule has 0 bridgehead atoms. The Morgan fingerprint density at radius 1 is 1.31 bits per heavy atom. The van der Waals surface area contributed by atoms with Gasteiger partial charge in [0.25, 0.3) is 0 Å². The minimum Gasteiger partial charge on any atom is -0.480 e. The monoisotopic (exact) mass is 385 g/mol. The maximum atomic E-state index is 12.5. The third-order valence-corrected chi connectivity index (χ3v) is 4.46. The molecule has 1 unspecified atom stereocenters. The number of carboxylic acids is 1. The summed E-state index contributed by atoms with van der Waals surface area (Å²) in [5.74, 6) is -2.27. The van der Waals surface area contributed by atoms with E-state index in [0.717, 1.165) is 17.5 Å². The van der Waals surface area contributed by atoms with Gasteiger partial charge in [0.05, 0.1) is 6.33 Å². The summed E-state index contributed by atoms with van der Waals surface area (Å²) in [5.41, 5.74) is 6.08. The average molecular weight is 385 g/mol. The van der Waals surface area contributed by atoms with Crippen molar-refractivity contribution < 1.29 is 24.3 Å². The number of carboxylic acid groups (broad SMARTS) is 1. The molecule has 0 fully saturated rings. The van der Waals surface area contributed by atoms with Crippen LogP contribution in [-0.2, 0) is 32.6 Å². The van der Waals surface area contributed by atoms with Gasteiger partial charge in [-0.3, -0.25) is 14.4 Å². The lowest BCUT2D eigenvalue weighted by atomic mass is 10.1. The van der Waals surface area contributed by atoms with Gasteiger partial charge in [0, 0.05) is 51.0 Å². The van der Waals surface area contributed by atoms with E-state index in [1.54, 1.807) is 24.1 Å². The Kier molecular flexibility index (Phi) is 8.79. The van der Waals surface area contributed by atoms with Crippen LogP contribution in [0.5, 0.6) is 0 Å². The number of amides is 2. The molecule has 0 aliphatic rings. The number of hydrogen-bond donors (Lipinski definition) is 4. The van der Waals surface area contributed by atoms with Crippen LogP contribution in [-0.4, -0.2) is 61.9 Å². The first-order valence-corrected chi connectivity index (χ1v) is 8.84. The van der Waals surface area contributed by atoms with Crippen LogP contribution in [0.4, 0.5) is 0 Å². The minimum absolute atomic E-state index is 0.0729. The fourth-order valence-electron chi connectivity index (χ4n) is 2.07. The summed E-state index contributed by atoms with van der Waals surface area (Å²) in [6.07, 6.45) is 3.43. The van der Waals surface area contributed by atoms with E-state index in [2.05, 4.69) is 15.6 Å². The third kappa shape index (κ3) is 7.23. The molecule has 1 rings (SSSR count).